The lowest BCUT2D eigenvalue weighted by Crippen LogP contribution is -2.04. The van der Waals surface area contributed by atoms with Gasteiger partial charge in [0.25, 0.3) is 5.69 Å². The molecule has 1 saturated heterocycles. The molecule has 0 unspecified atom stereocenters. The predicted molar refractivity (Wildman–Crippen MR) is 70.7 cm³/mol. The van der Waals surface area contributed by atoms with Crippen LogP contribution in [0.4, 0.5) is 5.69 Å². The van der Waals surface area contributed by atoms with Gasteiger partial charge in [0, 0.05) is 12.1 Å². The second kappa shape index (κ2) is 4.17. The Kier molecular flexibility index (Phi) is 2.61. The van der Waals surface area contributed by atoms with E-state index in [9.17, 15) is 10.1 Å². The molecule has 1 fully saturated rings. The first-order valence-corrected chi connectivity index (χ1v) is 6.09. The van der Waals surface area contributed by atoms with Crippen LogP contribution in [0.1, 0.15) is 24.2 Å². The first-order chi connectivity index (χ1) is 9.11. The highest BCUT2D eigenvalue weighted by molar-refractivity contribution is 5.40. The highest BCUT2D eigenvalue weighted by Gasteiger charge is 2.54. The summed E-state index contributed by atoms with van der Waals surface area (Å²) in [6.45, 7) is 2.01. The topological polar surface area (TPSA) is 55.7 Å². The Bertz CT molecular complexity index is 609. The van der Waals surface area contributed by atoms with Crippen LogP contribution in [-0.4, -0.2) is 4.92 Å². The Balaban J connectivity index is 1.86. The van der Waals surface area contributed by atoms with Gasteiger partial charge in [-0.3, -0.25) is 10.1 Å². The van der Waals surface area contributed by atoms with E-state index in [-0.39, 0.29) is 17.4 Å². The Morgan fingerprint density at radius 2 is 1.74 bits per heavy atom. The zero-order valence-corrected chi connectivity index (χ0v) is 10.4. The zero-order chi connectivity index (χ0) is 13.5. The van der Waals surface area contributed by atoms with Crippen molar-refractivity contribution in [1.82, 2.24) is 0 Å². The van der Waals surface area contributed by atoms with Crippen LogP contribution in [-0.2, 0) is 10.3 Å². The van der Waals surface area contributed by atoms with Crippen molar-refractivity contribution >= 4 is 5.69 Å². The molecular formula is C15H13NO3. The maximum Gasteiger partial charge on any atom is 0.269 e. The maximum absolute atomic E-state index is 10.6. The molecule has 0 aromatic heterocycles. The van der Waals surface area contributed by atoms with Crippen molar-refractivity contribution in [3.8, 4) is 0 Å². The number of non-ortho nitro benzene ring substituents is 1. The van der Waals surface area contributed by atoms with Crippen molar-refractivity contribution in [3.63, 3.8) is 0 Å². The minimum Gasteiger partial charge on any atom is -0.356 e. The van der Waals surface area contributed by atoms with Crippen molar-refractivity contribution in [2.45, 2.75) is 18.6 Å². The molecule has 19 heavy (non-hydrogen) atoms. The fourth-order valence-corrected chi connectivity index (χ4v) is 2.36. The molecule has 3 rings (SSSR count). The summed E-state index contributed by atoms with van der Waals surface area (Å²) in [6.07, 6.45) is 0.0233. The summed E-state index contributed by atoms with van der Waals surface area (Å²) < 4.78 is 5.81. The molecule has 2 aromatic rings. The molecule has 0 N–H and O–H groups in total. The molecule has 1 aliphatic heterocycles. The van der Waals surface area contributed by atoms with E-state index >= 15 is 0 Å². The largest absolute Gasteiger partial charge is 0.356 e. The number of rotatable bonds is 3. The quantitative estimate of drug-likeness (QED) is 0.478. The normalized spacial score (nSPS) is 25.0. The highest BCUT2D eigenvalue weighted by atomic mass is 16.6. The third-order valence-corrected chi connectivity index (χ3v) is 3.56. The zero-order valence-electron chi connectivity index (χ0n) is 10.4. The molecule has 1 aliphatic rings. The summed E-state index contributed by atoms with van der Waals surface area (Å²) in [5, 5.41) is 10.6. The number of ether oxygens (including phenoxy) is 1. The van der Waals surface area contributed by atoms with Crippen LogP contribution in [0.3, 0.4) is 0 Å². The van der Waals surface area contributed by atoms with Crippen molar-refractivity contribution in [2.75, 3.05) is 0 Å². The Morgan fingerprint density at radius 3 is 2.32 bits per heavy atom. The first-order valence-electron chi connectivity index (χ1n) is 6.09. The van der Waals surface area contributed by atoms with E-state index < -0.39 is 4.92 Å². The van der Waals surface area contributed by atoms with E-state index in [1.807, 2.05) is 37.3 Å². The monoisotopic (exact) mass is 255 g/mol. The Morgan fingerprint density at radius 1 is 1.11 bits per heavy atom. The summed E-state index contributed by atoms with van der Waals surface area (Å²) in [5.41, 5.74) is 1.82. The van der Waals surface area contributed by atoms with Gasteiger partial charge in [-0.1, -0.05) is 30.3 Å². The number of hydrogen-bond acceptors (Lipinski definition) is 3. The molecule has 0 radical (unpaired) electrons. The number of nitro groups is 1. The van der Waals surface area contributed by atoms with Gasteiger partial charge in [0.1, 0.15) is 11.7 Å². The lowest BCUT2D eigenvalue weighted by Gasteiger charge is -2.06. The molecule has 4 heteroatoms. The standard InChI is InChI=1S/C15H13NO3/c1-15(12-7-9-13(10-8-12)16(17)18)14(19-15)11-5-3-2-4-6-11/h2-10,14H,1H3/t14-,15+/m1/s1. The number of nitro benzene ring substituents is 1. The molecule has 0 aliphatic carbocycles. The van der Waals surface area contributed by atoms with Gasteiger partial charge < -0.3 is 4.74 Å². The van der Waals surface area contributed by atoms with Gasteiger partial charge >= 0.3 is 0 Å². The minimum atomic E-state index is -0.394. The molecule has 96 valence electrons. The fraction of sp³-hybridized carbons (Fsp3) is 0.200. The SMILES string of the molecule is C[C@@]1(c2ccc([N+](=O)[O-])cc2)O[C@@H]1c1ccccc1. The molecule has 1 heterocycles. The van der Waals surface area contributed by atoms with Gasteiger partial charge in [-0.05, 0) is 30.2 Å². The van der Waals surface area contributed by atoms with Gasteiger partial charge in [0.05, 0.1) is 4.92 Å². The smallest absolute Gasteiger partial charge is 0.269 e. The molecule has 2 atom stereocenters. The average molecular weight is 255 g/mol. The molecule has 0 amide bonds. The Labute approximate surface area is 110 Å². The van der Waals surface area contributed by atoms with Crippen LogP contribution in [0.5, 0.6) is 0 Å². The Hall–Kier alpha value is -2.20. The van der Waals surface area contributed by atoms with Crippen molar-refractivity contribution in [3.05, 3.63) is 75.8 Å². The molecule has 0 saturated carbocycles. The van der Waals surface area contributed by atoms with Gasteiger partial charge in [0.15, 0.2) is 0 Å². The summed E-state index contributed by atoms with van der Waals surface area (Å²) in [7, 11) is 0. The van der Waals surface area contributed by atoms with E-state index in [1.54, 1.807) is 12.1 Å². The lowest BCUT2D eigenvalue weighted by molar-refractivity contribution is -0.384. The summed E-state index contributed by atoms with van der Waals surface area (Å²) in [4.78, 5) is 10.2. The predicted octanol–water partition coefficient (Wildman–Crippen LogP) is 3.58. The molecular weight excluding hydrogens is 242 g/mol. The van der Waals surface area contributed by atoms with Crippen LogP contribution >= 0.6 is 0 Å². The van der Waals surface area contributed by atoms with Crippen molar-refractivity contribution < 1.29 is 9.66 Å². The van der Waals surface area contributed by atoms with Crippen molar-refractivity contribution in [2.24, 2.45) is 0 Å². The van der Waals surface area contributed by atoms with E-state index in [2.05, 4.69) is 0 Å². The fourth-order valence-electron chi connectivity index (χ4n) is 2.36. The highest BCUT2D eigenvalue weighted by Crippen LogP contribution is 2.56. The van der Waals surface area contributed by atoms with Crippen LogP contribution in [0.15, 0.2) is 54.6 Å². The summed E-state index contributed by atoms with van der Waals surface area (Å²) in [6, 6.07) is 16.6. The van der Waals surface area contributed by atoms with Crippen LogP contribution in [0.2, 0.25) is 0 Å². The molecule has 0 bridgehead atoms. The second-order valence-electron chi connectivity index (χ2n) is 4.82. The maximum atomic E-state index is 10.6. The summed E-state index contributed by atoms with van der Waals surface area (Å²) >= 11 is 0. The van der Waals surface area contributed by atoms with Crippen LogP contribution < -0.4 is 0 Å². The molecule has 4 nitrogen and oxygen atoms in total. The summed E-state index contributed by atoms with van der Waals surface area (Å²) in [5.74, 6) is 0. The lowest BCUT2D eigenvalue weighted by atomic mass is 9.93. The van der Waals surface area contributed by atoms with E-state index in [0.29, 0.717) is 0 Å². The number of nitrogens with zero attached hydrogens (tertiary/aromatic N) is 1. The van der Waals surface area contributed by atoms with Crippen LogP contribution in [0.25, 0.3) is 0 Å². The van der Waals surface area contributed by atoms with E-state index in [4.69, 9.17) is 4.74 Å². The number of epoxide rings is 1. The van der Waals surface area contributed by atoms with Gasteiger partial charge in [-0.25, -0.2) is 0 Å². The molecule has 0 spiro atoms. The third-order valence-electron chi connectivity index (χ3n) is 3.56. The minimum absolute atomic E-state index is 0.0233. The first kappa shape index (κ1) is 11.9. The van der Waals surface area contributed by atoms with Gasteiger partial charge in [-0.15, -0.1) is 0 Å². The second-order valence-corrected chi connectivity index (χ2v) is 4.82. The molecule has 2 aromatic carbocycles. The van der Waals surface area contributed by atoms with Gasteiger partial charge in [-0.2, -0.15) is 0 Å². The van der Waals surface area contributed by atoms with Gasteiger partial charge in [0.2, 0.25) is 0 Å². The van der Waals surface area contributed by atoms with Crippen molar-refractivity contribution in [1.29, 1.82) is 0 Å². The number of hydrogen-bond donors (Lipinski definition) is 0. The average Bonchev–Trinajstić information content (AvgIpc) is 3.14. The van der Waals surface area contributed by atoms with E-state index in [1.165, 1.54) is 12.1 Å². The third kappa shape index (κ3) is 2.00. The van der Waals surface area contributed by atoms with Crippen LogP contribution in [0, 0.1) is 10.1 Å². The number of benzene rings is 2. The van der Waals surface area contributed by atoms with E-state index in [0.717, 1.165) is 11.1 Å².